The normalized spacial score (nSPS) is 11.3. The van der Waals surface area contributed by atoms with Crippen LogP contribution in [0.25, 0.3) is 0 Å². The molecule has 0 aliphatic rings. The van der Waals surface area contributed by atoms with Gasteiger partial charge in [0.25, 0.3) is 0 Å². The van der Waals surface area contributed by atoms with Crippen LogP contribution in [-0.2, 0) is 6.18 Å². The minimum Gasteiger partial charge on any atom is -0.421 e. The third kappa shape index (κ3) is 2.81. The highest BCUT2D eigenvalue weighted by Gasteiger charge is 2.35. The number of para-hydroxylation sites is 1. The van der Waals surface area contributed by atoms with Crippen molar-refractivity contribution in [3.05, 3.63) is 35.5 Å². The first-order valence-electron chi connectivity index (χ1n) is 4.86. The van der Waals surface area contributed by atoms with E-state index in [1.54, 1.807) is 0 Å². The Morgan fingerprint density at radius 3 is 2.58 bits per heavy atom. The van der Waals surface area contributed by atoms with Crippen LogP contribution in [0.15, 0.2) is 24.3 Å². The van der Waals surface area contributed by atoms with Crippen molar-refractivity contribution in [2.45, 2.75) is 6.18 Å². The molecule has 0 spiro atoms. The highest BCUT2D eigenvalue weighted by atomic mass is 32.1. The molecule has 0 atom stereocenters. The number of aromatic nitrogens is 2. The zero-order chi connectivity index (χ0) is 14.0. The standard InChI is InChI=1S/C10H6F3N3O2S/c11-10(12,13)5-3-1-2-4-6(5)18-9(17)7-8(14)19-16-15-7/h1-4H,14H2. The molecule has 5 nitrogen and oxygen atoms in total. The summed E-state index contributed by atoms with van der Waals surface area (Å²) in [6.07, 6.45) is -4.62. The van der Waals surface area contributed by atoms with Crippen molar-refractivity contribution >= 4 is 22.5 Å². The first-order valence-corrected chi connectivity index (χ1v) is 5.63. The molecule has 2 N–H and O–H groups in total. The fourth-order valence-electron chi connectivity index (χ4n) is 1.28. The molecule has 0 saturated carbocycles. The fraction of sp³-hybridized carbons (Fsp3) is 0.100. The minimum atomic E-state index is -4.62. The Hall–Kier alpha value is -2.16. The third-order valence-electron chi connectivity index (χ3n) is 2.10. The Bertz CT molecular complexity index is 612. The molecule has 0 saturated heterocycles. The van der Waals surface area contributed by atoms with Crippen LogP contribution in [-0.4, -0.2) is 15.6 Å². The quantitative estimate of drug-likeness (QED) is 0.678. The van der Waals surface area contributed by atoms with Crippen molar-refractivity contribution < 1.29 is 22.7 Å². The molecule has 100 valence electrons. The summed E-state index contributed by atoms with van der Waals surface area (Å²) in [6, 6.07) is 4.36. The van der Waals surface area contributed by atoms with E-state index in [-0.39, 0.29) is 10.7 Å². The van der Waals surface area contributed by atoms with Gasteiger partial charge in [0.05, 0.1) is 5.56 Å². The van der Waals surface area contributed by atoms with Crippen molar-refractivity contribution in [2.24, 2.45) is 0 Å². The van der Waals surface area contributed by atoms with Crippen LogP contribution in [0.3, 0.4) is 0 Å². The van der Waals surface area contributed by atoms with E-state index in [1.807, 2.05) is 0 Å². The number of rotatable bonds is 2. The summed E-state index contributed by atoms with van der Waals surface area (Å²) >= 11 is 0.747. The van der Waals surface area contributed by atoms with E-state index in [4.69, 9.17) is 5.73 Å². The molecule has 1 aromatic heterocycles. The van der Waals surface area contributed by atoms with E-state index in [2.05, 4.69) is 14.3 Å². The number of nitrogen functional groups attached to an aromatic ring is 1. The second-order valence-corrected chi connectivity index (χ2v) is 4.15. The number of benzene rings is 1. The van der Waals surface area contributed by atoms with Crippen molar-refractivity contribution in [3.8, 4) is 5.75 Å². The molecule has 0 unspecified atom stereocenters. The third-order valence-corrected chi connectivity index (χ3v) is 2.66. The number of carbonyl (C=O) groups excluding carboxylic acids is 1. The van der Waals surface area contributed by atoms with Gasteiger partial charge in [-0.05, 0) is 12.1 Å². The Morgan fingerprint density at radius 2 is 2.00 bits per heavy atom. The van der Waals surface area contributed by atoms with Gasteiger partial charge in [-0.3, -0.25) is 0 Å². The van der Waals surface area contributed by atoms with E-state index in [0.717, 1.165) is 23.7 Å². The summed E-state index contributed by atoms with van der Waals surface area (Å²) in [4.78, 5) is 11.6. The number of esters is 1. The Balaban J connectivity index is 2.30. The number of nitrogens with two attached hydrogens (primary N) is 1. The molecule has 0 aliphatic carbocycles. The van der Waals surface area contributed by atoms with Crippen molar-refractivity contribution in [2.75, 3.05) is 5.73 Å². The van der Waals surface area contributed by atoms with Crippen LogP contribution >= 0.6 is 11.5 Å². The summed E-state index contributed by atoms with van der Waals surface area (Å²) in [5.41, 5.74) is 4.03. The van der Waals surface area contributed by atoms with Gasteiger partial charge in [-0.15, -0.1) is 5.10 Å². The fourth-order valence-corrected chi connectivity index (χ4v) is 1.70. The number of carbonyl (C=O) groups is 1. The molecule has 19 heavy (non-hydrogen) atoms. The summed E-state index contributed by atoms with van der Waals surface area (Å²) < 4.78 is 46.1. The van der Waals surface area contributed by atoms with E-state index < -0.39 is 23.5 Å². The molecule has 0 aliphatic heterocycles. The lowest BCUT2D eigenvalue weighted by Gasteiger charge is -2.11. The first-order chi connectivity index (χ1) is 8.89. The van der Waals surface area contributed by atoms with E-state index >= 15 is 0 Å². The molecule has 2 aromatic rings. The van der Waals surface area contributed by atoms with Crippen molar-refractivity contribution in [3.63, 3.8) is 0 Å². The van der Waals surface area contributed by atoms with Crippen LogP contribution in [0.1, 0.15) is 16.1 Å². The molecule has 1 aromatic carbocycles. The van der Waals surface area contributed by atoms with Gasteiger partial charge in [0.15, 0.2) is 0 Å². The van der Waals surface area contributed by atoms with E-state index in [0.29, 0.717) is 0 Å². The van der Waals surface area contributed by atoms with Gasteiger partial charge in [0, 0.05) is 11.5 Å². The molecule has 0 bridgehead atoms. The molecule has 0 fully saturated rings. The monoisotopic (exact) mass is 289 g/mol. The molecular weight excluding hydrogens is 283 g/mol. The van der Waals surface area contributed by atoms with Gasteiger partial charge >= 0.3 is 12.1 Å². The Labute approximate surface area is 109 Å². The lowest BCUT2D eigenvalue weighted by atomic mass is 10.2. The number of alkyl halides is 3. The molecule has 0 amide bonds. The zero-order valence-corrected chi connectivity index (χ0v) is 9.96. The topological polar surface area (TPSA) is 78.1 Å². The maximum absolute atomic E-state index is 12.7. The Morgan fingerprint density at radius 1 is 1.32 bits per heavy atom. The van der Waals surface area contributed by atoms with Crippen LogP contribution in [0.4, 0.5) is 18.2 Å². The van der Waals surface area contributed by atoms with Gasteiger partial charge in [0.1, 0.15) is 10.8 Å². The maximum Gasteiger partial charge on any atom is 0.419 e. The molecule has 0 radical (unpaired) electrons. The highest BCUT2D eigenvalue weighted by molar-refractivity contribution is 7.10. The smallest absolute Gasteiger partial charge is 0.419 e. The number of ether oxygens (including phenoxy) is 1. The molecule has 2 rings (SSSR count). The number of halogens is 3. The van der Waals surface area contributed by atoms with Gasteiger partial charge in [-0.1, -0.05) is 16.6 Å². The zero-order valence-electron chi connectivity index (χ0n) is 9.14. The second kappa shape index (κ2) is 4.84. The van der Waals surface area contributed by atoms with E-state index in [1.165, 1.54) is 12.1 Å². The average molecular weight is 289 g/mol. The largest absolute Gasteiger partial charge is 0.421 e. The van der Waals surface area contributed by atoms with E-state index in [9.17, 15) is 18.0 Å². The predicted octanol–water partition coefficient (Wildman–Crippen LogP) is 2.36. The van der Waals surface area contributed by atoms with Crippen LogP contribution in [0.2, 0.25) is 0 Å². The maximum atomic E-state index is 12.7. The van der Waals surface area contributed by atoms with Crippen LogP contribution in [0, 0.1) is 0 Å². The summed E-state index contributed by atoms with van der Waals surface area (Å²) in [5, 5.41) is 3.37. The van der Waals surface area contributed by atoms with Gasteiger partial charge in [-0.25, -0.2) is 4.79 Å². The summed E-state index contributed by atoms with van der Waals surface area (Å²) in [7, 11) is 0. The van der Waals surface area contributed by atoms with Crippen LogP contribution in [0.5, 0.6) is 5.75 Å². The second-order valence-electron chi connectivity index (χ2n) is 3.37. The first kappa shape index (κ1) is 13.3. The summed E-state index contributed by atoms with van der Waals surface area (Å²) in [5.74, 6) is -1.68. The van der Waals surface area contributed by atoms with Crippen molar-refractivity contribution in [1.82, 2.24) is 9.59 Å². The predicted molar refractivity (Wildman–Crippen MR) is 60.7 cm³/mol. The number of anilines is 1. The minimum absolute atomic E-state index is 0.0190. The Kier molecular flexibility index (Phi) is 3.38. The number of hydrogen-bond acceptors (Lipinski definition) is 6. The molecular formula is C10H6F3N3O2S. The lowest BCUT2D eigenvalue weighted by Crippen LogP contribution is -2.15. The number of hydrogen-bond donors (Lipinski definition) is 1. The average Bonchev–Trinajstić information content (AvgIpc) is 2.75. The van der Waals surface area contributed by atoms with Gasteiger partial charge in [-0.2, -0.15) is 13.2 Å². The summed E-state index contributed by atoms with van der Waals surface area (Å²) in [6.45, 7) is 0. The lowest BCUT2D eigenvalue weighted by molar-refractivity contribution is -0.138. The van der Waals surface area contributed by atoms with Crippen molar-refractivity contribution in [1.29, 1.82) is 0 Å². The van der Waals surface area contributed by atoms with Gasteiger partial charge < -0.3 is 10.5 Å². The van der Waals surface area contributed by atoms with Gasteiger partial charge in [0.2, 0.25) is 5.69 Å². The molecule has 9 heteroatoms. The SMILES string of the molecule is Nc1snnc1C(=O)Oc1ccccc1C(F)(F)F. The van der Waals surface area contributed by atoms with Crippen LogP contribution < -0.4 is 10.5 Å². The number of nitrogens with zero attached hydrogens (tertiary/aromatic N) is 2. The highest BCUT2D eigenvalue weighted by Crippen LogP contribution is 2.36. The molecule has 1 heterocycles.